The predicted molar refractivity (Wildman–Crippen MR) is 80.2 cm³/mol. The fourth-order valence-electron chi connectivity index (χ4n) is 2.40. The zero-order chi connectivity index (χ0) is 14.4. The predicted octanol–water partition coefficient (Wildman–Crippen LogP) is 2.83. The van der Waals surface area contributed by atoms with Crippen molar-refractivity contribution < 1.29 is 4.74 Å². The number of methoxy groups -OCH3 is 1. The lowest BCUT2D eigenvalue weighted by Gasteiger charge is -2.10. The van der Waals surface area contributed by atoms with Crippen molar-refractivity contribution in [2.45, 2.75) is 18.8 Å². The summed E-state index contributed by atoms with van der Waals surface area (Å²) < 4.78 is 8.07. The van der Waals surface area contributed by atoms with Crippen LogP contribution in [0, 0.1) is 0 Å². The Hall–Kier alpha value is -2.02. The lowest BCUT2D eigenvalue weighted by atomic mass is 10.1. The van der Waals surface area contributed by atoms with Crippen LogP contribution in [0.5, 0.6) is 5.88 Å². The number of nitrogens with zero attached hydrogens (tertiary/aromatic N) is 5. The average molecular weight is 346 g/mol. The van der Waals surface area contributed by atoms with E-state index in [4.69, 9.17) is 4.74 Å². The van der Waals surface area contributed by atoms with E-state index in [1.54, 1.807) is 24.1 Å². The van der Waals surface area contributed by atoms with Gasteiger partial charge in [0.15, 0.2) is 5.82 Å². The largest absolute Gasteiger partial charge is 0.480 e. The first kappa shape index (κ1) is 12.7. The number of hydrogen-bond acceptors (Lipinski definition) is 5. The molecule has 0 radical (unpaired) electrons. The molecule has 1 fully saturated rings. The quantitative estimate of drug-likeness (QED) is 0.730. The van der Waals surface area contributed by atoms with Crippen molar-refractivity contribution in [3.05, 3.63) is 35.0 Å². The second-order valence-corrected chi connectivity index (χ2v) is 5.80. The van der Waals surface area contributed by atoms with E-state index < -0.39 is 0 Å². The number of rotatable bonds is 3. The van der Waals surface area contributed by atoms with E-state index in [9.17, 15) is 0 Å². The summed E-state index contributed by atoms with van der Waals surface area (Å²) in [6, 6.07) is 3.89. The molecule has 3 heterocycles. The smallest absolute Gasteiger partial charge is 0.227 e. The van der Waals surface area contributed by atoms with Crippen LogP contribution in [0.25, 0.3) is 16.9 Å². The number of ether oxygens (including phenoxy) is 1. The average Bonchev–Trinajstić information content (AvgIpc) is 3.31. The molecule has 0 atom stereocenters. The van der Waals surface area contributed by atoms with E-state index in [-0.39, 0.29) is 0 Å². The van der Waals surface area contributed by atoms with Crippen molar-refractivity contribution in [1.82, 2.24) is 24.6 Å². The van der Waals surface area contributed by atoms with Crippen LogP contribution in [0.4, 0.5) is 0 Å². The summed E-state index contributed by atoms with van der Waals surface area (Å²) in [7, 11) is 1.60. The first-order chi connectivity index (χ1) is 10.3. The summed E-state index contributed by atoms with van der Waals surface area (Å²) >= 11 is 3.48. The van der Waals surface area contributed by atoms with Crippen molar-refractivity contribution in [1.29, 1.82) is 0 Å². The highest BCUT2D eigenvalue weighted by Gasteiger charge is 2.31. The Labute approximate surface area is 129 Å². The van der Waals surface area contributed by atoms with E-state index in [2.05, 4.69) is 36.0 Å². The van der Waals surface area contributed by atoms with E-state index in [0.717, 1.165) is 34.2 Å². The molecule has 106 valence electrons. The van der Waals surface area contributed by atoms with Gasteiger partial charge in [-0.15, -0.1) is 5.10 Å². The van der Waals surface area contributed by atoms with Gasteiger partial charge in [0.2, 0.25) is 5.88 Å². The van der Waals surface area contributed by atoms with Crippen molar-refractivity contribution in [3.8, 4) is 17.3 Å². The number of aromatic nitrogens is 5. The Bertz CT molecular complexity index is 827. The van der Waals surface area contributed by atoms with Crippen LogP contribution in [-0.4, -0.2) is 31.7 Å². The Balaban J connectivity index is 1.96. The molecule has 0 aliphatic heterocycles. The second-order valence-electron chi connectivity index (χ2n) is 4.99. The number of halogens is 1. The van der Waals surface area contributed by atoms with Gasteiger partial charge in [0.05, 0.1) is 24.5 Å². The molecule has 7 heteroatoms. The fourth-order valence-corrected chi connectivity index (χ4v) is 2.81. The van der Waals surface area contributed by atoms with Crippen LogP contribution in [0.1, 0.15) is 24.5 Å². The molecule has 0 saturated heterocycles. The third kappa shape index (κ3) is 2.08. The summed E-state index contributed by atoms with van der Waals surface area (Å²) in [4.78, 5) is 13.1. The lowest BCUT2D eigenvalue weighted by molar-refractivity contribution is 0.397. The maximum atomic E-state index is 5.39. The Morgan fingerprint density at radius 2 is 2.10 bits per heavy atom. The van der Waals surface area contributed by atoms with Gasteiger partial charge in [-0.3, -0.25) is 0 Å². The molecule has 0 amide bonds. The summed E-state index contributed by atoms with van der Waals surface area (Å²) in [6.45, 7) is 0. The summed E-state index contributed by atoms with van der Waals surface area (Å²) in [5.74, 6) is 1.57. The Kier molecular flexibility index (Phi) is 2.88. The number of hydrogen-bond donors (Lipinski definition) is 0. The zero-order valence-corrected chi connectivity index (χ0v) is 12.9. The van der Waals surface area contributed by atoms with Crippen LogP contribution >= 0.6 is 15.9 Å². The maximum Gasteiger partial charge on any atom is 0.227 e. The monoisotopic (exact) mass is 345 g/mol. The number of fused-ring (bicyclic) bond motifs is 1. The van der Waals surface area contributed by atoms with Crippen molar-refractivity contribution in [3.63, 3.8) is 0 Å². The third-order valence-corrected chi connectivity index (χ3v) is 4.18. The first-order valence-corrected chi connectivity index (χ1v) is 7.47. The highest BCUT2D eigenvalue weighted by molar-refractivity contribution is 9.10. The molecule has 0 bridgehead atoms. The topological polar surface area (TPSA) is 65.2 Å². The Morgan fingerprint density at radius 1 is 1.24 bits per heavy atom. The van der Waals surface area contributed by atoms with Crippen LogP contribution in [-0.2, 0) is 0 Å². The van der Waals surface area contributed by atoms with Gasteiger partial charge in [-0.25, -0.2) is 19.5 Å². The molecule has 0 N–H and O–H groups in total. The minimum absolute atomic E-state index is 0.462. The van der Waals surface area contributed by atoms with Crippen LogP contribution < -0.4 is 4.74 Å². The first-order valence-electron chi connectivity index (χ1n) is 6.67. The van der Waals surface area contributed by atoms with Gasteiger partial charge in [-0.2, -0.15) is 0 Å². The van der Waals surface area contributed by atoms with Crippen LogP contribution in [0.15, 0.2) is 29.3 Å². The van der Waals surface area contributed by atoms with E-state index >= 15 is 0 Å². The molecular formula is C14H12BrN5O. The molecule has 3 aromatic rings. The van der Waals surface area contributed by atoms with E-state index in [1.165, 1.54) is 0 Å². The molecule has 1 aliphatic rings. The molecule has 1 saturated carbocycles. The highest BCUT2D eigenvalue weighted by atomic mass is 79.9. The van der Waals surface area contributed by atoms with Gasteiger partial charge in [0.1, 0.15) is 16.5 Å². The van der Waals surface area contributed by atoms with Gasteiger partial charge in [0, 0.05) is 5.92 Å². The zero-order valence-electron chi connectivity index (χ0n) is 11.3. The van der Waals surface area contributed by atoms with Crippen LogP contribution in [0.3, 0.4) is 0 Å². The highest BCUT2D eigenvalue weighted by Crippen LogP contribution is 2.44. The summed E-state index contributed by atoms with van der Waals surface area (Å²) in [6.07, 6.45) is 5.61. The third-order valence-electron chi connectivity index (χ3n) is 3.58. The summed E-state index contributed by atoms with van der Waals surface area (Å²) in [5, 5.41) is 4.58. The second kappa shape index (κ2) is 4.77. The van der Waals surface area contributed by atoms with Crippen molar-refractivity contribution >= 4 is 21.4 Å². The SMILES string of the molecule is COc1ncnc(C2CC2)c1-c1ncc2ccc(Br)n2n1. The van der Waals surface area contributed by atoms with Gasteiger partial charge in [-0.1, -0.05) is 0 Å². The van der Waals surface area contributed by atoms with Gasteiger partial charge >= 0.3 is 0 Å². The molecule has 1 aliphatic carbocycles. The van der Waals surface area contributed by atoms with Gasteiger partial charge in [0.25, 0.3) is 0 Å². The maximum absolute atomic E-state index is 5.39. The lowest BCUT2D eigenvalue weighted by Crippen LogP contribution is -2.04. The molecule has 4 rings (SSSR count). The molecule has 0 unspecified atom stereocenters. The van der Waals surface area contributed by atoms with E-state index in [0.29, 0.717) is 17.6 Å². The van der Waals surface area contributed by atoms with E-state index in [1.807, 2.05) is 12.1 Å². The fraction of sp³-hybridized carbons (Fsp3) is 0.286. The molecule has 6 nitrogen and oxygen atoms in total. The molecular weight excluding hydrogens is 334 g/mol. The minimum Gasteiger partial charge on any atom is -0.480 e. The van der Waals surface area contributed by atoms with Crippen molar-refractivity contribution in [2.75, 3.05) is 7.11 Å². The van der Waals surface area contributed by atoms with Crippen molar-refractivity contribution in [2.24, 2.45) is 0 Å². The molecule has 0 aromatic carbocycles. The van der Waals surface area contributed by atoms with Gasteiger partial charge < -0.3 is 4.74 Å². The molecule has 21 heavy (non-hydrogen) atoms. The van der Waals surface area contributed by atoms with Crippen LogP contribution in [0.2, 0.25) is 0 Å². The molecule has 3 aromatic heterocycles. The minimum atomic E-state index is 0.462. The standard InChI is InChI=1S/C14H12BrN5O/c1-21-14-11(12(8-2-3-8)17-7-18-14)13-16-6-9-4-5-10(15)20(9)19-13/h4-8H,2-3H2,1H3. The summed E-state index contributed by atoms with van der Waals surface area (Å²) in [5.41, 5.74) is 2.70. The Morgan fingerprint density at radius 3 is 2.86 bits per heavy atom. The molecule has 0 spiro atoms. The normalized spacial score (nSPS) is 14.6. The van der Waals surface area contributed by atoms with Gasteiger partial charge in [-0.05, 0) is 40.9 Å².